The molecule has 1 N–H and O–H groups in total. The van der Waals surface area contributed by atoms with Crippen LogP contribution in [-0.2, 0) is 11.3 Å². The number of hydrogen-bond acceptors (Lipinski definition) is 2. The van der Waals surface area contributed by atoms with Crippen molar-refractivity contribution in [2.75, 3.05) is 0 Å². The number of rotatable bonds is 3. The van der Waals surface area contributed by atoms with Crippen LogP contribution >= 0.6 is 0 Å². The first-order valence-electron chi connectivity index (χ1n) is 4.04. The minimum absolute atomic E-state index is 0.443. The number of carbonyl (C=O) groups excluding carboxylic acids is 1. The van der Waals surface area contributed by atoms with E-state index in [4.69, 9.17) is 4.42 Å². The molecule has 0 atom stereocenters. The second-order valence-corrected chi connectivity index (χ2v) is 2.75. The smallest absolute Gasteiger partial charge is 0.207 e. The van der Waals surface area contributed by atoms with Gasteiger partial charge in [-0.1, -0.05) is 18.2 Å². The zero-order chi connectivity index (χ0) is 9.10. The normalized spacial score (nSPS) is 10.2. The Hall–Kier alpha value is -1.77. The van der Waals surface area contributed by atoms with E-state index in [0.29, 0.717) is 13.0 Å². The van der Waals surface area contributed by atoms with Gasteiger partial charge in [-0.25, -0.2) is 0 Å². The van der Waals surface area contributed by atoms with Crippen LogP contribution in [0.5, 0.6) is 0 Å². The highest BCUT2D eigenvalue weighted by atomic mass is 16.3. The van der Waals surface area contributed by atoms with Gasteiger partial charge in [-0.15, -0.1) is 0 Å². The lowest BCUT2D eigenvalue weighted by Gasteiger charge is -1.90. The minimum atomic E-state index is 0.443. The van der Waals surface area contributed by atoms with Gasteiger partial charge in [0.2, 0.25) is 6.41 Å². The highest BCUT2D eigenvalue weighted by Crippen LogP contribution is 2.18. The van der Waals surface area contributed by atoms with Gasteiger partial charge in [-0.2, -0.15) is 0 Å². The molecule has 2 aromatic rings. The number of nitrogens with one attached hydrogen (secondary N) is 1. The van der Waals surface area contributed by atoms with Gasteiger partial charge < -0.3 is 9.73 Å². The van der Waals surface area contributed by atoms with Gasteiger partial charge in [0.05, 0.1) is 6.54 Å². The van der Waals surface area contributed by atoms with E-state index in [1.165, 1.54) is 0 Å². The quantitative estimate of drug-likeness (QED) is 0.721. The van der Waals surface area contributed by atoms with Crippen molar-refractivity contribution in [3.05, 3.63) is 36.1 Å². The Balaban J connectivity index is 2.32. The van der Waals surface area contributed by atoms with Crippen molar-refractivity contribution < 1.29 is 9.21 Å². The first-order valence-corrected chi connectivity index (χ1v) is 4.04. The van der Waals surface area contributed by atoms with E-state index >= 15 is 0 Å². The first-order chi connectivity index (χ1) is 6.40. The summed E-state index contributed by atoms with van der Waals surface area (Å²) in [5.41, 5.74) is 0.852. The van der Waals surface area contributed by atoms with E-state index < -0.39 is 0 Å². The fourth-order valence-electron chi connectivity index (χ4n) is 1.27. The Morgan fingerprint density at radius 1 is 1.38 bits per heavy atom. The average molecular weight is 175 g/mol. The summed E-state index contributed by atoms with van der Waals surface area (Å²) >= 11 is 0. The van der Waals surface area contributed by atoms with Crippen LogP contribution in [0.3, 0.4) is 0 Å². The van der Waals surface area contributed by atoms with Crippen molar-refractivity contribution in [1.29, 1.82) is 0 Å². The van der Waals surface area contributed by atoms with Crippen molar-refractivity contribution >= 4 is 17.4 Å². The fraction of sp³-hybridized carbons (Fsp3) is 0.100. The van der Waals surface area contributed by atoms with Crippen LogP contribution in [-0.4, -0.2) is 6.41 Å². The Morgan fingerprint density at radius 2 is 2.23 bits per heavy atom. The molecular formula is C10H9NO2. The van der Waals surface area contributed by atoms with E-state index in [2.05, 4.69) is 5.32 Å². The van der Waals surface area contributed by atoms with E-state index in [1.807, 2.05) is 30.3 Å². The number of fused-ring (bicyclic) bond motifs is 1. The van der Waals surface area contributed by atoms with E-state index in [1.54, 1.807) is 0 Å². The number of para-hydroxylation sites is 1. The maximum Gasteiger partial charge on any atom is 0.207 e. The number of carbonyl (C=O) groups is 1. The summed E-state index contributed by atoms with van der Waals surface area (Å²) in [4.78, 5) is 10.0. The molecule has 3 nitrogen and oxygen atoms in total. The molecule has 2 rings (SSSR count). The average Bonchev–Trinajstić information content (AvgIpc) is 2.57. The third kappa shape index (κ3) is 1.54. The fourth-order valence-corrected chi connectivity index (χ4v) is 1.27. The van der Waals surface area contributed by atoms with Crippen molar-refractivity contribution in [2.45, 2.75) is 6.54 Å². The van der Waals surface area contributed by atoms with E-state index in [0.717, 1.165) is 16.7 Å². The van der Waals surface area contributed by atoms with Gasteiger partial charge >= 0.3 is 0 Å². The summed E-state index contributed by atoms with van der Waals surface area (Å²) in [5, 5.41) is 3.61. The molecule has 0 bridgehead atoms. The molecule has 0 unspecified atom stereocenters. The molecule has 0 aliphatic heterocycles. The highest BCUT2D eigenvalue weighted by Gasteiger charge is 2.00. The maximum atomic E-state index is 10.0. The zero-order valence-electron chi connectivity index (χ0n) is 6.99. The highest BCUT2D eigenvalue weighted by molar-refractivity contribution is 5.77. The second kappa shape index (κ2) is 3.31. The van der Waals surface area contributed by atoms with Gasteiger partial charge in [-0.05, 0) is 12.1 Å². The standard InChI is InChI=1S/C10H9NO2/c12-7-11-6-9-5-8-3-1-2-4-10(8)13-9/h1-5,7H,6H2,(H,11,12). The van der Waals surface area contributed by atoms with Gasteiger partial charge in [0.15, 0.2) is 0 Å². The molecule has 0 fully saturated rings. The Bertz CT molecular complexity index is 387. The third-order valence-electron chi connectivity index (χ3n) is 1.84. The maximum absolute atomic E-state index is 10.0. The summed E-state index contributed by atoms with van der Waals surface area (Å²) < 4.78 is 5.45. The van der Waals surface area contributed by atoms with Crippen molar-refractivity contribution in [3.8, 4) is 0 Å². The summed E-state index contributed by atoms with van der Waals surface area (Å²) in [7, 11) is 0. The minimum Gasteiger partial charge on any atom is -0.459 e. The topological polar surface area (TPSA) is 42.2 Å². The molecule has 1 amide bonds. The van der Waals surface area contributed by atoms with Crippen molar-refractivity contribution in [1.82, 2.24) is 5.32 Å². The summed E-state index contributed by atoms with van der Waals surface area (Å²) in [6.45, 7) is 0.443. The summed E-state index contributed by atoms with van der Waals surface area (Å²) in [5.74, 6) is 0.772. The van der Waals surface area contributed by atoms with Gasteiger partial charge in [0, 0.05) is 5.39 Å². The molecule has 1 heterocycles. The van der Waals surface area contributed by atoms with Crippen LogP contribution in [0.4, 0.5) is 0 Å². The van der Waals surface area contributed by atoms with Gasteiger partial charge in [0.25, 0.3) is 0 Å². The Morgan fingerprint density at radius 3 is 3.00 bits per heavy atom. The monoisotopic (exact) mass is 175 g/mol. The Kier molecular flexibility index (Phi) is 2.00. The van der Waals surface area contributed by atoms with Crippen LogP contribution in [0.25, 0.3) is 11.0 Å². The van der Waals surface area contributed by atoms with Crippen molar-refractivity contribution in [2.24, 2.45) is 0 Å². The van der Waals surface area contributed by atoms with Crippen molar-refractivity contribution in [3.63, 3.8) is 0 Å². The molecule has 0 saturated heterocycles. The predicted octanol–water partition coefficient (Wildman–Crippen LogP) is 1.68. The number of furan rings is 1. The number of benzene rings is 1. The van der Waals surface area contributed by atoms with Crippen LogP contribution in [0.1, 0.15) is 5.76 Å². The van der Waals surface area contributed by atoms with Crippen LogP contribution in [0.2, 0.25) is 0 Å². The molecule has 1 aromatic heterocycles. The molecular weight excluding hydrogens is 166 g/mol. The van der Waals surface area contributed by atoms with E-state index in [9.17, 15) is 4.79 Å². The molecule has 1 aromatic carbocycles. The molecule has 0 aliphatic rings. The first kappa shape index (κ1) is 7.86. The number of amides is 1. The third-order valence-corrected chi connectivity index (χ3v) is 1.84. The molecule has 0 spiro atoms. The molecule has 0 radical (unpaired) electrons. The lowest BCUT2D eigenvalue weighted by atomic mass is 10.2. The summed E-state index contributed by atoms with van der Waals surface area (Å²) in [6, 6.07) is 9.67. The zero-order valence-corrected chi connectivity index (χ0v) is 6.99. The SMILES string of the molecule is O=CNCc1cc2ccccc2o1. The lowest BCUT2D eigenvalue weighted by Crippen LogP contribution is -2.08. The molecule has 0 aliphatic carbocycles. The van der Waals surface area contributed by atoms with Crippen LogP contribution in [0, 0.1) is 0 Å². The van der Waals surface area contributed by atoms with Gasteiger partial charge in [0.1, 0.15) is 11.3 Å². The van der Waals surface area contributed by atoms with Crippen LogP contribution < -0.4 is 5.32 Å². The Labute approximate surface area is 75.3 Å². The lowest BCUT2D eigenvalue weighted by molar-refractivity contribution is -0.109. The molecule has 66 valence electrons. The second-order valence-electron chi connectivity index (χ2n) is 2.75. The molecule has 3 heteroatoms. The number of hydrogen-bond donors (Lipinski definition) is 1. The largest absolute Gasteiger partial charge is 0.459 e. The van der Waals surface area contributed by atoms with Gasteiger partial charge in [-0.3, -0.25) is 4.79 Å². The van der Waals surface area contributed by atoms with E-state index in [-0.39, 0.29) is 0 Å². The predicted molar refractivity (Wildman–Crippen MR) is 49.1 cm³/mol. The molecule has 13 heavy (non-hydrogen) atoms. The van der Waals surface area contributed by atoms with Crippen LogP contribution in [0.15, 0.2) is 34.7 Å². The molecule has 0 saturated carbocycles. The summed E-state index contributed by atoms with van der Waals surface area (Å²) in [6.07, 6.45) is 0.660.